The quantitative estimate of drug-likeness (QED) is 0.705. The maximum Gasteiger partial charge on any atom is 0.274 e. The zero-order valence-electron chi connectivity index (χ0n) is 14.5. The Morgan fingerprint density at radius 2 is 1.89 bits per heavy atom. The van der Waals surface area contributed by atoms with Crippen LogP contribution in [0.4, 0.5) is 5.69 Å². The summed E-state index contributed by atoms with van der Waals surface area (Å²) in [5.74, 6) is -0.0745. The maximum atomic E-state index is 12.9. The second kappa shape index (κ2) is 5.82. The summed E-state index contributed by atoms with van der Waals surface area (Å²) in [5.41, 5.74) is 2.48. The number of piperidine rings is 1. The molecule has 7 heteroatoms. The molecule has 0 unspecified atom stereocenters. The van der Waals surface area contributed by atoms with Gasteiger partial charge in [-0.15, -0.1) is 0 Å². The van der Waals surface area contributed by atoms with Gasteiger partial charge in [-0.25, -0.2) is 4.98 Å². The molecule has 0 radical (unpaired) electrons. The molecule has 0 atom stereocenters. The van der Waals surface area contributed by atoms with Crippen LogP contribution in [0.1, 0.15) is 28.9 Å². The molecule has 1 aromatic carbocycles. The van der Waals surface area contributed by atoms with Crippen LogP contribution < -0.4 is 5.32 Å². The molecule has 27 heavy (non-hydrogen) atoms. The Morgan fingerprint density at radius 3 is 2.70 bits per heavy atom. The predicted molar refractivity (Wildman–Crippen MR) is 102 cm³/mol. The zero-order valence-corrected chi connectivity index (χ0v) is 15.2. The molecule has 0 saturated carbocycles. The Balaban J connectivity index is 1.38. The SMILES string of the molecule is O=C(c1cn2cc(Cl)ccc2n1)N1CCC2(CC1)C(=O)Nc1ccccc12. The van der Waals surface area contributed by atoms with E-state index in [0.717, 1.165) is 11.3 Å². The second-order valence-corrected chi connectivity index (χ2v) is 7.55. The molecule has 2 aliphatic rings. The number of nitrogens with one attached hydrogen (secondary N) is 1. The van der Waals surface area contributed by atoms with Gasteiger partial charge in [0.05, 0.1) is 10.4 Å². The van der Waals surface area contributed by atoms with Gasteiger partial charge in [-0.3, -0.25) is 9.59 Å². The van der Waals surface area contributed by atoms with Crippen LogP contribution in [0.25, 0.3) is 5.65 Å². The minimum absolute atomic E-state index is 0.0400. The van der Waals surface area contributed by atoms with E-state index < -0.39 is 5.41 Å². The molecular formula is C20H17ClN4O2. The molecule has 4 heterocycles. The Morgan fingerprint density at radius 1 is 1.11 bits per heavy atom. The van der Waals surface area contributed by atoms with Crippen molar-refractivity contribution < 1.29 is 9.59 Å². The monoisotopic (exact) mass is 380 g/mol. The summed E-state index contributed by atoms with van der Waals surface area (Å²) in [5, 5.41) is 3.57. The van der Waals surface area contributed by atoms with Crippen LogP contribution in [0.5, 0.6) is 0 Å². The number of aromatic nitrogens is 2. The number of anilines is 1. The minimum atomic E-state index is -0.528. The Kier molecular flexibility index (Phi) is 3.52. The number of fused-ring (bicyclic) bond motifs is 3. The van der Waals surface area contributed by atoms with E-state index >= 15 is 0 Å². The molecule has 1 spiro atoms. The highest BCUT2D eigenvalue weighted by Gasteiger charge is 2.48. The predicted octanol–water partition coefficient (Wildman–Crippen LogP) is 3.11. The molecule has 6 nitrogen and oxygen atoms in total. The Bertz CT molecular complexity index is 1080. The van der Waals surface area contributed by atoms with Crippen molar-refractivity contribution >= 4 is 34.7 Å². The minimum Gasteiger partial charge on any atom is -0.337 e. The molecule has 2 aliphatic heterocycles. The topological polar surface area (TPSA) is 66.7 Å². The van der Waals surface area contributed by atoms with Crippen LogP contribution in [0, 0.1) is 0 Å². The highest BCUT2D eigenvalue weighted by molar-refractivity contribution is 6.30. The van der Waals surface area contributed by atoms with Crippen LogP contribution >= 0.6 is 11.6 Å². The van der Waals surface area contributed by atoms with E-state index in [2.05, 4.69) is 10.3 Å². The zero-order chi connectivity index (χ0) is 18.6. The number of halogens is 1. The number of benzene rings is 1. The first-order chi connectivity index (χ1) is 13.1. The van der Waals surface area contributed by atoms with Gasteiger partial charge in [0.2, 0.25) is 5.91 Å². The van der Waals surface area contributed by atoms with Crippen molar-refractivity contribution in [1.29, 1.82) is 0 Å². The van der Waals surface area contributed by atoms with Gasteiger partial charge in [0, 0.05) is 31.2 Å². The van der Waals surface area contributed by atoms with Gasteiger partial charge in [-0.1, -0.05) is 29.8 Å². The number of hydrogen-bond donors (Lipinski definition) is 1. The molecule has 2 amide bonds. The lowest BCUT2D eigenvalue weighted by atomic mass is 9.73. The van der Waals surface area contributed by atoms with E-state index in [1.807, 2.05) is 24.3 Å². The van der Waals surface area contributed by atoms with Gasteiger partial charge in [-0.2, -0.15) is 0 Å². The number of likely N-dealkylation sites (tertiary alicyclic amines) is 1. The van der Waals surface area contributed by atoms with E-state index in [-0.39, 0.29) is 11.8 Å². The molecule has 136 valence electrons. The molecule has 0 bridgehead atoms. The van der Waals surface area contributed by atoms with Crippen LogP contribution in [0.3, 0.4) is 0 Å². The highest BCUT2D eigenvalue weighted by Crippen LogP contribution is 2.44. The maximum absolute atomic E-state index is 12.9. The summed E-state index contributed by atoms with van der Waals surface area (Å²) in [7, 11) is 0. The lowest BCUT2D eigenvalue weighted by molar-refractivity contribution is -0.122. The number of carbonyl (C=O) groups is 2. The molecule has 1 N–H and O–H groups in total. The second-order valence-electron chi connectivity index (χ2n) is 7.11. The fourth-order valence-corrected chi connectivity index (χ4v) is 4.36. The normalized spacial score (nSPS) is 18.0. The van der Waals surface area contributed by atoms with Crippen molar-refractivity contribution in [3.05, 3.63) is 65.1 Å². The number of imidazole rings is 1. The Labute approximate surface area is 160 Å². The fraction of sp³-hybridized carbons (Fsp3) is 0.250. The number of amides is 2. The van der Waals surface area contributed by atoms with Crippen LogP contribution in [-0.4, -0.2) is 39.2 Å². The number of nitrogens with zero attached hydrogens (tertiary/aromatic N) is 3. The van der Waals surface area contributed by atoms with E-state index in [1.54, 1.807) is 33.8 Å². The lowest BCUT2D eigenvalue weighted by Crippen LogP contribution is -2.48. The van der Waals surface area contributed by atoms with E-state index in [4.69, 9.17) is 11.6 Å². The summed E-state index contributed by atoms with van der Waals surface area (Å²) in [4.78, 5) is 31.7. The molecular weight excluding hydrogens is 364 g/mol. The largest absolute Gasteiger partial charge is 0.337 e. The fourth-order valence-electron chi connectivity index (χ4n) is 4.19. The molecule has 2 aromatic heterocycles. The van der Waals surface area contributed by atoms with Crippen molar-refractivity contribution in [2.75, 3.05) is 18.4 Å². The van der Waals surface area contributed by atoms with Gasteiger partial charge in [0.15, 0.2) is 0 Å². The number of rotatable bonds is 1. The first kappa shape index (κ1) is 16.3. The summed E-state index contributed by atoms with van der Waals surface area (Å²) in [6.07, 6.45) is 4.65. The lowest BCUT2D eigenvalue weighted by Gasteiger charge is -2.37. The number of para-hydroxylation sites is 1. The van der Waals surface area contributed by atoms with E-state index in [9.17, 15) is 9.59 Å². The smallest absolute Gasteiger partial charge is 0.274 e. The number of carbonyl (C=O) groups excluding carboxylic acids is 2. The standard InChI is InChI=1S/C20H17ClN4O2/c21-13-5-6-17-22-16(12-25(17)11-13)18(26)24-9-7-20(8-10-24)14-3-1-2-4-15(14)23-19(20)27/h1-6,11-12H,7-10H2,(H,23,27). The molecule has 1 saturated heterocycles. The first-order valence-electron chi connectivity index (χ1n) is 8.91. The number of pyridine rings is 1. The van der Waals surface area contributed by atoms with E-state index in [0.29, 0.717) is 42.3 Å². The van der Waals surface area contributed by atoms with E-state index in [1.165, 1.54) is 0 Å². The Hall–Kier alpha value is -2.86. The van der Waals surface area contributed by atoms with Crippen LogP contribution in [-0.2, 0) is 10.2 Å². The number of hydrogen-bond acceptors (Lipinski definition) is 3. The molecule has 1 fully saturated rings. The summed E-state index contributed by atoms with van der Waals surface area (Å²) < 4.78 is 1.75. The van der Waals surface area contributed by atoms with Crippen molar-refractivity contribution in [2.45, 2.75) is 18.3 Å². The third-order valence-corrected chi connectivity index (χ3v) is 5.89. The van der Waals surface area contributed by atoms with Crippen LogP contribution in [0.15, 0.2) is 48.8 Å². The van der Waals surface area contributed by atoms with Gasteiger partial charge in [0.1, 0.15) is 11.3 Å². The molecule has 5 rings (SSSR count). The van der Waals surface area contributed by atoms with Crippen molar-refractivity contribution in [3.8, 4) is 0 Å². The van der Waals surface area contributed by atoms with Gasteiger partial charge >= 0.3 is 0 Å². The molecule has 0 aliphatic carbocycles. The average molecular weight is 381 g/mol. The summed E-state index contributed by atoms with van der Waals surface area (Å²) in [6, 6.07) is 11.4. The van der Waals surface area contributed by atoms with Gasteiger partial charge in [0.25, 0.3) is 5.91 Å². The van der Waals surface area contributed by atoms with Gasteiger partial charge in [-0.05, 0) is 36.6 Å². The third-order valence-electron chi connectivity index (χ3n) is 5.66. The third kappa shape index (κ3) is 2.44. The summed E-state index contributed by atoms with van der Waals surface area (Å²) >= 11 is 6.00. The summed E-state index contributed by atoms with van der Waals surface area (Å²) in [6.45, 7) is 1.05. The first-order valence-corrected chi connectivity index (χ1v) is 9.29. The van der Waals surface area contributed by atoms with Crippen molar-refractivity contribution in [2.24, 2.45) is 0 Å². The van der Waals surface area contributed by atoms with Gasteiger partial charge < -0.3 is 14.6 Å². The van der Waals surface area contributed by atoms with Crippen LogP contribution in [0.2, 0.25) is 5.02 Å². The van der Waals surface area contributed by atoms with Crippen molar-refractivity contribution in [3.63, 3.8) is 0 Å². The average Bonchev–Trinajstić information content (AvgIpc) is 3.21. The highest BCUT2D eigenvalue weighted by atomic mass is 35.5. The van der Waals surface area contributed by atoms with Crippen molar-refractivity contribution in [1.82, 2.24) is 14.3 Å². The molecule has 3 aromatic rings.